The van der Waals surface area contributed by atoms with Crippen LogP contribution >= 0.6 is 23.2 Å². The molecule has 0 aliphatic carbocycles. The van der Waals surface area contributed by atoms with Crippen LogP contribution < -0.4 is 5.32 Å². The predicted molar refractivity (Wildman–Crippen MR) is 143 cm³/mol. The maximum absolute atomic E-state index is 12.8. The first-order valence-corrected chi connectivity index (χ1v) is 13.0. The molecule has 0 unspecified atom stereocenters. The van der Waals surface area contributed by atoms with Gasteiger partial charge in [0, 0.05) is 51.5 Å². The van der Waals surface area contributed by atoms with E-state index in [-0.39, 0.29) is 5.91 Å². The van der Waals surface area contributed by atoms with E-state index in [4.69, 9.17) is 23.2 Å². The molecule has 2 aromatic carbocycles. The summed E-state index contributed by atoms with van der Waals surface area (Å²) in [6.07, 6.45) is 0.863. The second kappa shape index (κ2) is 12.0. The lowest BCUT2D eigenvalue weighted by Crippen LogP contribution is -2.48. The highest BCUT2D eigenvalue weighted by atomic mass is 35.5. The lowest BCUT2D eigenvalue weighted by atomic mass is 10.1. The fourth-order valence-electron chi connectivity index (χ4n) is 4.37. The molecule has 1 saturated heterocycles. The number of hydrogen-bond donors (Lipinski definition) is 1. The number of rotatable bonds is 9. The highest BCUT2D eigenvalue weighted by Crippen LogP contribution is 2.23. The summed E-state index contributed by atoms with van der Waals surface area (Å²) in [4.78, 5) is 17.6. The van der Waals surface area contributed by atoms with Crippen molar-refractivity contribution in [3.8, 4) is 5.69 Å². The Bertz CT molecular complexity index is 1120. The number of amides is 1. The second-order valence-corrected chi connectivity index (χ2v) is 10.3. The van der Waals surface area contributed by atoms with Gasteiger partial charge in [-0.1, -0.05) is 61.3 Å². The fraction of sp³-hybridized carbons (Fsp3) is 0.407. The molecule has 1 aliphatic heterocycles. The number of hydrogen-bond acceptors (Lipinski definition) is 4. The van der Waals surface area contributed by atoms with Gasteiger partial charge in [0.1, 0.15) is 0 Å². The van der Waals surface area contributed by atoms with Gasteiger partial charge in [-0.05, 0) is 48.2 Å². The van der Waals surface area contributed by atoms with Crippen LogP contribution in [-0.2, 0) is 13.0 Å². The maximum atomic E-state index is 12.8. The predicted octanol–water partition coefficient (Wildman–Crippen LogP) is 4.93. The zero-order chi connectivity index (χ0) is 24.8. The van der Waals surface area contributed by atoms with E-state index in [1.165, 1.54) is 5.56 Å². The summed E-state index contributed by atoms with van der Waals surface area (Å²) in [5.74, 6) is 0.350. The smallest absolute Gasteiger partial charge is 0.271 e. The Hall–Kier alpha value is -2.38. The Kier molecular flexibility index (Phi) is 8.84. The van der Waals surface area contributed by atoms with Crippen LogP contribution in [0.3, 0.4) is 0 Å². The van der Waals surface area contributed by atoms with E-state index >= 15 is 0 Å². The van der Waals surface area contributed by atoms with Crippen molar-refractivity contribution >= 4 is 29.1 Å². The molecule has 35 heavy (non-hydrogen) atoms. The number of halogens is 2. The lowest BCUT2D eigenvalue weighted by Gasteiger charge is -2.34. The fourth-order valence-corrected chi connectivity index (χ4v) is 4.69. The highest BCUT2D eigenvalue weighted by molar-refractivity contribution is 6.42. The normalized spacial score (nSPS) is 15.0. The Morgan fingerprint density at radius 1 is 0.971 bits per heavy atom. The van der Waals surface area contributed by atoms with Gasteiger partial charge in [0.2, 0.25) is 0 Å². The molecule has 1 fully saturated rings. The van der Waals surface area contributed by atoms with Gasteiger partial charge in [-0.3, -0.25) is 14.6 Å². The summed E-state index contributed by atoms with van der Waals surface area (Å²) in [5.41, 5.74) is 3.67. The zero-order valence-electron chi connectivity index (χ0n) is 20.4. The van der Waals surface area contributed by atoms with E-state index in [0.29, 0.717) is 28.2 Å². The molecular formula is C27H33Cl2N5O. The molecule has 4 rings (SSSR count). The Labute approximate surface area is 217 Å². The molecular weight excluding hydrogens is 481 g/mol. The number of para-hydroxylation sites is 1. The van der Waals surface area contributed by atoms with Gasteiger partial charge in [-0.2, -0.15) is 5.10 Å². The molecule has 0 atom stereocenters. The molecule has 186 valence electrons. The minimum absolute atomic E-state index is 0.122. The molecule has 1 aromatic heterocycles. The second-order valence-electron chi connectivity index (χ2n) is 9.49. The number of piperazine rings is 1. The Morgan fingerprint density at radius 2 is 1.69 bits per heavy atom. The van der Waals surface area contributed by atoms with Crippen LogP contribution in [0.2, 0.25) is 10.0 Å². The molecule has 8 heteroatoms. The van der Waals surface area contributed by atoms with E-state index in [2.05, 4.69) is 34.1 Å². The van der Waals surface area contributed by atoms with Crippen LogP contribution in [0, 0.1) is 5.92 Å². The van der Waals surface area contributed by atoms with Crippen LogP contribution in [-0.4, -0.2) is 64.8 Å². The molecule has 0 bridgehead atoms. The van der Waals surface area contributed by atoms with Crippen LogP contribution in [0.5, 0.6) is 0 Å². The minimum atomic E-state index is -0.122. The van der Waals surface area contributed by atoms with Gasteiger partial charge in [0.15, 0.2) is 5.69 Å². The van der Waals surface area contributed by atoms with Gasteiger partial charge in [0.25, 0.3) is 5.91 Å². The summed E-state index contributed by atoms with van der Waals surface area (Å²) in [6, 6.07) is 17.7. The van der Waals surface area contributed by atoms with Crippen molar-refractivity contribution in [1.82, 2.24) is 24.9 Å². The highest BCUT2D eigenvalue weighted by Gasteiger charge is 2.19. The standard InChI is InChI=1S/C27H33Cl2N5O/c1-20(2)16-23-18-26(31-34(23)22-6-4-3-5-7-22)27(35)30-10-11-32-12-14-33(15-13-32)19-21-8-9-24(28)25(29)17-21/h3-9,17-18,20H,10-16,19H2,1-2H3,(H,30,35). The summed E-state index contributed by atoms with van der Waals surface area (Å²) < 4.78 is 1.89. The van der Waals surface area contributed by atoms with Crippen molar-refractivity contribution in [2.45, 2.75) is 26.8 Å². The Morgan fingerprint density at radius 3 is 2.37 bits per heavy atom. The van der Waals surface area contributed by atoms with E-state index < -0.39 is 0 Å². The number of carbonyl (C=O) groups is 1. The summed E-state index contributed by atoms with van der Waals surface area (Å²) in [7, 11) is 0. The molecule has 2 heterocycles. The van der Waals surface area contributed by atoms with Crippen LogP contribution in [0.25, 0.3) is 5.69 Å². The lowest BCUT2D eigenvalue weighted by molar-refractivity contribution is 0.0929. The van der Waals surface area contributed by atoms with Crippen LogP contribution in [0.15, 0.2) is 54.6 Å². The topological polar surface area (TPSA) is 53.4 Å². The van der Waals surface area contributed by atoms with Crippen molar-refractivity contribution in [1.29, 1.82) is 0 Å². The number of carbonyl (C=O) groups excluding carboxylic acids is 1. The molecule has 3 aromatic rings. The first-order valence-electron chi connectivity index (χ1n) is 12.2. The molecule has 1 N–H and O–H groups in total. The molecule has 1 aliphatic rings. The molecule has 0 saturated carbocycles. The van der Waals surface area contributed by atoms with Gasteiger partial charge in [-0.15, -0.1) is 0 Å². The van der Waals surface area contributed by atoms with Crippen LogP contribution in [0.4, 0.5) is 0 Å². The average molecular weight is 515 g/mol. The third kappa shape index (κ3) is 7.07. The zero-order valence-corrected chi connectivity index (χ0v) is 21.9. The van der Waals surface area contributed by atoms with E-state index in [0.717, 1.165) is 57.1 Å². The quantitative estimate of drug-likeness (QED) is 0.440. The monoisotopic (exact) mass is 513 g/mol. The van der Waals surface area contributed by atoms with Gasteiger partial charge in [-0.25, -0.2) is 4.68 Å². The number of aromatic nitrogens is 2. The maximum Gasteiger partial charge on any atom is 0.271 e. The number of benzene rings is 2. The van der Waals surface area contributed by atoms with E-state index in [1.807, 2.05) is 59.3 Å². The molecule has 1 amide bonds. The third-order valence-electron chi connectivity index (χ3n) is 6.20. The number of nitrogens with zero attached hydrogens (tertiary/aromatic N) is 4. The van der Waals surface area contributed by atoms with Crippen molar-refractivity contribution in [3.63, 3.8) is 0 Å². The Balaban J connectivity index is 1.26. The summed E-state index contributed by atoms with van der Waals surface area (Å²) in [6.45, 7) is 10.5. The van der Waals surface area contributed by atoms with E-state index in [1.54, 1.807) is 0 Å². The average Bonchev–Trinajstić information content (AvgIpc) is 3.26. The van der Waals surface area contributed by atoms with Crippen molar-refractivity contribution < 1.29 is 4.79 Å². The van der Waals surface area contributed by atoms with Crippen LogP contribution in [0.1, 0.15) is 35.6 Å². The molecule has 0 spiro atoms. The molecule has 0 radical (unpaired) electrons. The largest absolute Gasteiger partial charge is 0.349 e. The van der Waals surface area contributed by atoms with Gasteiger partial charge < -0.3 is 5.32 Å². The van der Waals surface area contributed by atoms with E-state index in [9.17, 15) is 4.79 Å². The SMILES string of the molecule is CC(C)Cc1cc(C(=O)NCCN2CCN(Cc3ccc(Cl)c(Cl)c3)CC2)nn1-c1ccccc1. The van der Waals surface area contributed by atoms with Gasteiger partial charge >= 0.3 is 0 Å². The first-order chi connectivity index (χ1) is 16.9. The van der Waals surface area contributed by atoms with Crippen molar-refractivity contribution in [2.24, 2.45) is 5.92 Å². The first kappa shape index (κ1) is 25.7. The minimum Gasteiger partial charge on any atom is -0.349 e. The van der Waals surface area contributed by atoms with Gasteiger partial charge in [0.05, 0.1) is 15.7 Å². The van der Waals surface area contributed by atoms with Crippen molar-refractivity contribution in [3.05, 3.63) is 81.6 Å². The van der Waals surface area contributed by atoms with Crippen molar-refractivity contribution in [2.75, 3.05) is 39.3 Å². The number of nitrogens with one attached hydrogen (secondary N) is 1. The summed E-state index contributed by atoms with van der Waals surface area (Å²) >= 11 is 12.2. The third-order valence-corrected chi connectivity index (χ3v) is 6.94. The summed E-state index contributed by atoms with van der Waals surface area (Å²) in [5, 5.41) is 8.87. The molecule has 6 nitrogen and oxygen atoms in total.